The Morgan fingerprint density at radius 3 is 2.50 bits per heavy atom. The number of carboxylic acid groups (broad SMARTS) is 1. The van der Waals surface area contributed by atoms with Gasteiger partial charge in [0.15, 0.2) is 0 Å². The molecular formula is C18H18O2. The van der Waals surface area contributed by atoms with Crippen molar-refractivity contribution in [1.29, 1.82) is 0 Å². The average Bonchev–Trinajstić information content (AvgIpc) is 2.47. The minimum atomic E-state index is -0.871. The van der Waals surface area contributed by atoms with Crippen LogP contribution in [0.15, 0.2) is 36.4 Å². The molecule has 2 aromatic rings. The van der Waals surface area contributed by atoms with Gasteiger partial charge in [0.2, 0.25) is 0 Å². The molecule has 1 aliphatic rings. The van der Waals surface area contributed by atoms with Gasteiger partial charge >= 0.3 is 5.97 Å². The molecule has 0 fully saturated rings. The molecule has 0 aliphatic heterocycles. The molecule has 1 aliphatic carbocycles. The molecule has 2 nitrogen and oxygen atoms in total. The number of carboxylic acids is 1. The largest absolute Gasteiger partial charge is 0.478 e. The summed E-state index contributed by atoms with van der Waals surface area (Å²) in [6.07, 6.45) is 4.84. The number of rotatable bonds is 2. The van der Waals surface area contributed by atoms with Crippen LogP contribution in [0.2, 0.25) is 0 Å². The maximum absolute atomic E-state index is 11.1. The van der Waals surface area contributed by atoms with Crippen LogP contribution in [0.3, 0.4) is 0 Å². The third kappa shape index (κ3) is 2.34. The monoisotopic (exact) mass is 266 g/mol. The first-order valence-corrected chi connectivity index (χ1v) is 7.11. The van der Waals surface area contributed by atoms with E-state index < -0.39 is 5.97 Å². The lowest BCUT2D eigenvalue weighted by Crippen LogP contribution is -2.03. The third-order valence-electron chi connectivity index (χ3n) is 4.14. The second-order valence-corrected chi connectivity index (χ2v) is 5.53. The molecule has 0 saturated heterocycles. The number of benzene rings is 2. The highest BCUT2D eigenvalue weighted by Crippen LogP contribution is 2.29. The van der Waals surface area contributed by atoms with E-state index in [1.54, 1.807) is 12.1 Å². The fourth-order valence-corrected chi connectivity index (χ4v) is 2.97. The average molecular weight is 266 g/mol. The lowest BCUT2D eigenvalue weighted by atomic mass is 9.88. The van der Waals surface area contributed by atoms with Crippen LogP contribution in [-0.4, -0.2) is 11.1 Å². The molecule has 0 heterocycles. The Bertz CT molecular complexity index is 671. The number of carbonyl (C=O) groups is 1. The highest BCUT2D eigenvalue weighted by molar-refractivity contribution is 5.90. The smallest absolute Gasteiger partial charge is 0.335 e. The quantitative estimate of drug-likeness (QED) is 0.882. The molecule has 102 valence electrons. The van der Waals surface area contributed by atoms with Crippen LogP contribution in [0.1, 0.15) is 39.9 Å². The minimum Gasteiger partial charge on any atom is -0.478 e. The standard InChI is InChI=1S/C18H18O2/c1-12-6-7-16(18(19)20)11-17(12)15-9-8-13-4-2-3-5-14(13)10-15/h6-11H,2-5H2,1H3,(H,19,20). The van der Waals surface area contributed by atoms with Gasteiger partial charge in [0, 0.05) is 0 Å². The SMILES string of the molecule is Cc1ccc(C(=O)O)cc1-c1ccc2c(c1)CCCC2. The maximum Gasteiger partial charge on any atom is 0.335 e. The number of hydrogen-bond acceptors (Lipinski definition) is 1. The van der Waals surface area contributed by atoms with Crippen LogP contribution < -0.4 is 0 Å². The van der Waals surface area contributed by atoms with Gasteiger partial charge in [-0.15, -0.1) is 0 Å². The normalized spacial score (nSPS) is 13.8. The van der Waals surface area contributed by atoms with Gasteiger partial charge in [-0.05, 0) is 72.6 Å². The Kier molecular flexibility index (Phi) is 3.31. The van der Waals surface area contributed by atoms with E-state index in [4.69, 9.17) is 5.11 Å². The highest BCUT2D eigenvalue weighted by Gasteiger charge is 2.12. The van der Waals surface area contributed by atoms with E-state index in [0.29, 0.717) is 5.56 Å². The summed E-state index contributed by atoms with van der Waals surface area (Å²) < 4.78 is 0. The molecule has 0 saturated carbocycles. The lowest BCUT2D eigenvalue weighted by molar-refractivity contribution is 0.0697. The van der Waals surface area contributed by atoms with Crippen molar-refractivity contribution in [2.24, 2.45) is 0 Å². The second kappa shape index (κ2) is 5.12. The Morgan fingerprint density at radius 1 is 1.00 bits per heavy atom. The zero-order valence-corrected chi connectivity index (χ0v) is 11.6. The molecule has 3 rings (SSSR count). The van der Waals surface area contributed by atoms with Crippen LogP contribution in [0.4, 0.5) is 0 Å². The third-order valence-corrected chi connectivity index (χ3v) is 4.14. The summed E-state index contributed by atoms with van der Waals surface area (Å²) in [5.41, 5.74) is 6.50. The summed E-state index contributed by atoms with van der Waals surface area (Å²) >= 11 is 0. The van der Waals surface area contributed by atoms with E-state index in [0.717, 1.165) is 23.1 Å². The van der Waals surface area contributed by atoms with Crippen molar-refractivity contribution in [2.45, 2.75) is 32.6 Å². The molecule has 0 unspecified atom stereocenters. The topological polar surface area (TPSA) is 37.3 Å². The lowest BCUT2D eigenvalue weighted by Gasteiger charge is -2.17. The van der Waals surface area contributed by atoms with Gasteiger partial charge in [0.05, 0.1) is 5.56 Å². The van der Waals surface area contributed by atoms with Gasteiger partial charge in [-0.2, -0.15) is 0 Å². The zero-order valence-electron chi connectivity index (χ0n) is 11.6. The maximum atomic E-state index is 11.1. The molecule has 0 amide bonds. The van der Waals surface area contributed by atoms with Gasteiger partial charge in [-0.1, -0.05) is 24.3 Å². The Morgan fingerprint density at radius 2 is 1.75 bits per heavy atom. The van der Waals surface area contributed by atoms with Gasteiger partial charge in [-0.3, -0.25) is 0 Å². The fraction of sp³-hybridized carbons (Fsp3) is 0.278. The van der Waals surface area contributed by atoms with Crippen LogP contribution in [0.5, 0.6) is 0 Å². The van der Waals surface area contributed by atoms with Crippen LogP contribution in [-0.2, 0) is 12.8 Å². The highest BCUT2D eigenvalue weighted by atomic mass is 16.4. The summed E-state index contributed by atoms with van der Waals surface area (Å²) in [5.74, 6) is -0.871. The summed E-state index contributed by atoms with van der Waals surface area (Å²) in [4.78, 5) is 11.1. The predicted octanol–water partition coefficient (Wildman–Crippen LogP) is 4.24. The molecule has 20 heavy (non-hydrogen) atoms. The minimum absolute atomic E-state index is 0.350. The van der Waals surface area contributed by atoms with E-state index >= 15 is 0 Å². The molecule has 2 aromatic carbocycles. The summed E-state index contributed by atoms with van der Waals surface area (Å²) in [5, 5.41) is 9.14. The van der Waals surface area contributed by atoms with E-state index in [1.807, 2.05) is 13.0 Å². The number of hydrogen-bond donors (Lipinski definition) is 1. The number of fused-ring (bicyclic) bond motifs is 1. The van der Waals surface area contributed by atoms with Crippen molar-refractivity contribution in [1.82, 2.24) is 0 Å². The zero-order chi connectivity index (χ0) is 14.1. The van der Waals surface area contributed by atoms with Gasteiger partial charge in [-0.25, -0.2) is 4.79 Å². The van der Waals surface area contributed by atoms with Crippen molar-refractivity contribution >= 4 is 5.97 Å². The van der Waals surface area contributed by atoms with Crippen molar-refractivity contribution in [3.05, 3.63) is 58.7 Å². The molecule has 0 radical (unpaired) electrons. The Hall–Kier alpha value is -2.09. The fourth-order valence-electron chi connectivity index (χ4n) is 2.97. The van der Waals surface area contributed by atoms with E-state index in [-0.39, 0.29) is 0 Å². The first-order valence-electron chi connectivity index (χ1n) is 7.11. The van der Waals surface area contributed by atoms with Crippen LogP contribution in [0, 0.1) is 6.92 Å². The van der Waals surface area contributed by atoms with Gasteiger partial charge in [0.25, 0.3) is 0 Å². The van der Waals surface area contributed by atoms with E-state index in [2.05, 4.69) is 18.2 Å². The molecule has 0 atom stereocenters. The molecule has 0 spiro atoms. The summed E-state index contributed by atoms with van der Waals surface area (Å²) in [7, 11) is 0. The Labute approximate surface area is 119 Å². The van der Waals surface area contributed by atoms with Gasteiger partial charge in [0.1, 0.15) is 0 Å². The summed E-state index contributed by atoms with van der Waals surface area (Å²) in [6.45, 7) is 2.03. The molecule has 2 heteroatoms. The van der Waals surface area contributed by atoms with Crippen molar-refractivity contribution < 1.29 is 9.90 Å². The molecular weight excluding hydrogens is 248 g/mol. The van der Waals surface area contributed by atoms with E-state index in [9.17, 15) is 4.79 Å². The van der Waals surface area contributed by atoms with Crippen LogP contribution in [0.25, 0.3) is 11.1 Å². The second-order valence-electron chi connectivity index (χ2n) is 5.53. The Balaban J connectivity index is 2.08. The van der Waals surface area contributed by atoms with Crippen LogP contribution >= 0.6 is 0 Å². The van der Waals surface area contributed by atoms with Crippen molar-refractivity contribution in [3.63, 3.8) is 0 Å². The number of aromatic carboxylic acids is 1. The molecule has 0 bridgehead atoms. The van der Waals surface area contributed by atoms with Crippen molar-refractivity contribution in [3.8, 4) is 11.1 Å². The molecule has 1 N–H and O–H groups in total. The first kappa shape index (κ1) is 12.9. The summed E-state index contributed by atoms with van der Waals surface area (Å²) in [6, 6.07) is 11.9. The predicted molar refractivity (Wildman–Crippen MR) is 80.2 cm³/mol. The number of aryl methyl sites for hydroxylation is 3. The van der Waals surface area contributed by atoms with Crippen molar-refractivity contribution in [2.75, 3.05) is 0 Å². The van der Waals surface area contributed by atoms with E-state index in [1.165, 1.54) is 30.4 Å². The van der Waals surface area contributed by atoms with Gasteiger partial charge < -0.3 is 5.11 Å². The molecule has 0 aromatic heterocycles. The first-order chi connectivity index (χ1) is 9.65.